The van der Waals surface area contributed by atoms with Crippen LogP contribution < -0.4 is 4.74 Å². The molecule has 2 heterocycles. The van der Waals surface area contributed by atoms with Crippen LogP contribution in [0.2, 0.25) is 0 Å². The molecule has 0 saturated carbocycles. The maximum Gasteiger partial charge on any atom is 0.260 e. The zero-order valence-electron chi connectivity index (χ0n) is 16.2. The number of likely N-dealkylation sites (tertiary alicyclic amines) is 1. The maximum atomic E-state index is 12.3. The highest BCUT2D eigenvalue weighted by atomic mass is 16.5. The van der Waals surface area contributed by atoms with E-state index in [9.17, 15) is 9.59 Å². The molecule has 2 fully saturated rings. The van der Waals surface area contributed by atoms with Crippen molar-refractivity contribution in [1.29, 1.82) is 0 Å². The normalized spacial score (nSPS) is 18.4. The molecule has 6 heteroatoms. The lowest BCUT2D eigenvalue weighted by atomic mass is 9.92. The van der Waals surface area contributed by atoms with E-state index in [0.717, 1.165) is 38.1 Å². The van der Waals surface area contributed by atoms with Crippen molar-refractivity contribution in [3.8, 4) is 5.75 Å². The van der Waals surface area contributed by atoms with Gasteiger partial charge in [-0.1, -0.05) is 17.7 Å². The van der Waals surface area contributed by atoms with Crippen LogP contribution in [0.1, 0.15) is 31.2 Å². The van der Waals surface area contributed by atoms with Crippen molar-refractivity contribution in [3.63, 3.8) is 0 Å². The fraction of sp³-hybridized carbons (Fsp3) is 0.619. The molecule has 1 aromatic carbocycles. The first-order valence-electron chi connectivity index (χ1n) is 9.94. The third kappa shape index (κ3) is 5.96. The summed E-state index contributed by atoms with van der Waals surface area (Å²) in [5, 5.41) is 0. The standard InChI is InChI=1S/C21H30N2O4/c1-17-2-5-19(6-3-17)27-16-21(25)22-10-8-18(9-11-22)4-7-20(24)23-12-14-26-15-13-23/h2-3,5-6,18H,4,7-16H2,1H3. The van der Waals surface area contributed by atoms with Crippen LogP contribution in [0.15, 0.2) is 24.3 Å². The lowest BCUT2D eigenvalue weighted by Gasteiger charge is -2.32. The van der Waals surface area contributed by atoms with Gasteiger partial charge < -0.3 is 19.3 Å². The Hall–Kier alpha value is -2.08. The van der Waals surface area contributed by atoms with Crippen LogP contribution in [-0.2, 0) is 14.3 Å². The molecule has 0 aromatic heterocycles. The number of nitrogens with zero attached hydrogens (tertiary/aromatic N) is 2. The number of benzene rings is 1. The quantitative estimate of drug-likeness (QED) is 0.766. The number of morpholine rings is 1. The topological polar surface area (TPSA) is 59.1 Å². The highest BCUT2D eigenvalue weighted by molar-refractivity contribution is 5.78. The molecule has 0 N–H and O–H groups in total. The first kappa shape index (κ1) is 19.7. The average molecular weight is 374 g/mol. The van der Waals surface area contributed by atoms with Crippen molar-refractivity contribution in [2.45, 2.75) is 32.6 Å². The number of hydrogen-bond acceptors (Lipinski definition) is 4. The van der Waals surface area contributed by atoms with Gasteiger partial charge >= 0.3 is 0 Å². The van der Waals surface area contributed by atoms with Gasteiger partial charge in [-0.3, -0.25) is 9.59 Å². The van der Waals surface area contributed by atoms with Crippen LogP contribution in [0.4, 0.5) is 0 Å². The molecule has 2 aliphatic rings. The van der Waals surface area contributed by atoms with Gasteiger partial charge in [0.25, 0.3) is 5.91 Å². The van der Waals surface area contributed by atoms with Crippen molar-refractivity contribution >= 4 is 11.8 Å². The number of carbonyl (C=O) groups is 2. The molecule has 6 nitrogen and oxygen atoms in total. The number of ether oxygens (including phenoxy) is 2. The summed E-state index contributed by atoms with van der Waals surface area (Å²) in [6.07, 6.45) is 3.45. The van der Waals surface area contributed by atoms with Crippen LogP contribution in [0.3, 0.4) is 0 Å². The fourth-order valence-corrected chi connectivity index (χ4v) is 3.64. The van der Waals surface area contributed by atoms with Gasteiger partial charge in [0.05, 0.1) is 13.2 Å². The second kappa shape index (κ2) is 9.74. The smallest absolute Gasteiger partial charge is 0.260 e. The SMILES string of the molecule is Cc1ccc(OCC(=O)N2CCC(CCC(=O)N3CCOCC3)CC2)cc1. The third-order valence-corrected chi connectivity index (χ3v) is 5.48. The Morgan fingerprint density at radius 2 is 1.63 bits per heavy atom. The number of aryl methyl sites for hydroxylation is 1. The molecule has 3 rings (SSSR count). The number of amides is 2. The molecule has 27 heavy (non-hydrogen) atoms. The molecule has 0 atom stereocenters. The first-order valence-corrected chi connectivity index (χ1v) is 9.94. The summed E-state index contributed by atoms with van der Waals surface area (Å²) in [5.74, 6) is 1.53. The predicted molar refractivity (Wildman–Crippen MR) is 103 cm³/mol. The van der Waals surface area contributed by atoms with Crippen LogP contribution in [0.25, 0.3) is 0 Å². The summed E-state index contributed by atoms with van der Waals surface area (Å²) < 4.78 is 10.9. The minimum atomic E-state index is 0.0402. The van der Waals surface area contributed by atoms with E-state index >= 15 is 0 Å². The van der Waals surface area contributed by atoms with E-state index in [1.54, 1.807) is 0 Å². The zero-order chi connectivity index (χ0) is 19.1. The fourth-order valence-electron chi connectivity index (χ4n) is 3.64. The molecule has 0 spiro atoms. The Morgan fingerprint density at radius 3 is 2.30 bits per heavy atom. The van der Waals surface area contributed by atoms with Crippen LogP contribution in [0.5, 0.6) is 5.75 Å². The first-order chi connectivity index (χ1) is 13.1. The molecular formula is C21H30N2O4. The Bertz CT molecular complexity index is 618. The molecule has 0 unspecified atom stereocenters. The number of carbonyl (C=O) groups excluding carboxylic acids is 2. The summed E-state index contributed by atoms with van der Waals surface area (Å²) >= 11 is 0. The molecule has 0 bridgehead atoms. The van der Waals surface area contributed by atoms with Crippen molar-refractivity contribution in [2.24, 2.45) is 5.92 Å². The summed E-state index contributed by atoms with van der Waals surface area (Å²) in [4.78, 5) is 28.4. The van der Waals surface area contributed by atoms with Gasteiger partial charge in [0, 0.05) is 32.6 Å². The van der Waals surface area contributed by atoms with Crippen molar-refractivity contribution in [1.82, 2.24) is 9.80 Å². The van der Waals surface area contributed by atoms with E-state index in [1.165, 1.54) is 5.56 Å². The zero-order valence-corrected chi connectivity index (χ0v) is 16.2. The maximum absolute atomic E-state index is 12.3. The molecular weight excluding hydrogens is 344 g/mol. The van der Waals surface area contributed by atoms with Gasteiger partial charge in [0.15, 0.2) is 6.61 Å². The van der Waals surface area contributed by atoms with E-state index in [4.69, 9.17) is 9.47 Å². The van der Waals surface area contributed by atoms with Crippen LogP contribution >= 0.6 is 0 Å². The number of rotatable bonds is 6. The molecule has 2 amide bonds. The summed E-state index contributed by atoms with van der Waals surface area (Å²) in [6, 6.07) is 7.73. The molecule has 0 aliphatic carbocycles. The van der Waals surface area contributed by atoms with E-state index in [-0.39, 0.29) is 18.4 Å². The Balaban J connectivity index is 1.33. The van der Waals surface area contributed by atoms with Gasteiger partial charge in [-0.05, 0) is 44.2 Å². The summed E-state index contributed by atoms with van der Waals surface area (Å²) in [5.41, 5.74) is 1.17. The Morgan fingerprint density at radius 1 is 1.00 bits per heavy atom. The number of hydrogen-bond donors (Lipinski definition) is 0. The predicted octanol–water partition coefficient (Wildman–Crippen LogP) is 2.25. The van der Waals surface area contributed by atoms with Crippen molar-refractivity contribution in [3.05, 3.63) is 29.8 Å². The molecule has 148 valence electrons. The minimum absolute atomic E-state index is 0.0402. The average Bonchev–Trinajstić information content (AvgIpc) is 2.72. The minimum Gasteiger partial charge on any atom is -0.484 e. The van der Waals surface area contributed by atoms with Gasteiger partial charge in [-0.2, -0.15) is 0 Å². The third-order valence-electron chi connectivity index (χ3n) is 5.48. The van der Waals surface area contributed by atoms with Crippen molar-refractivity contribution < 1.29 is 19.1 Å². The lowest BCUT2D eigenvalue weighted by molar-refractivity contribution is -0.137. The number of piperidine rings is 1. The van der Waals surface area contributed by atoms with Gasteiger partial charge in [0.1, 0.15) is 5.75 Å². The lowest BCUT2D eigenvalue weighted by Crippen LogP contribution is -2.42. The summed E-state index contributed by atoms with van der Waals surface area (Å²) in [7, 11) is 0. The highest BCUT2D eigenvalue weighted by Gasteiger charge is 2.24. The van der Waals surface area contributed by atoms with E-state index in [1.807, 2.05) is 41.0 Å². The van der Waals surface area contributed by atoms with Crippen LogP contribution in [0, 0.1) is 12.8 Å². The van der Waals surface area contributed by atoms with E-state index in [2.05, 4.69) is 0 Å². The second-order valence-corrected chi connectivity index (χ2v) is 7.46. The second-order valence-electron chi connectivity index (χ2n) is 7.46. The van der Waals surface area contributed by atoms with Crippen molar-refractivity contribution in [2.75, 3.05) is 46.0 Å². The monoisotopic (exact) mass is 374 g/mol. The van der Waals surface area contributed by atoms with E-state index in [0.29, 0.717) is 38.6 Å². The molecule has 1 aromatic rings. The van der Waals surface area contributed by atoms with Crippen LogP contribution in [-0.4, -0.2) is 67.6 Å². The molecule has 2 saturated heterocycles. The van der Waals surface area contributed by atoms with Gasteiger partial charge in [-0.25, -0.2) is 0 Å². The highest BCUT2D eigenvalue weighted by Crippen LogP contribution is 2.23. The van der Waals surface area contributed by atoms with Gasteiger partial charge in [-0.15, -0.1) is 0 Å². The Kier molecular flexibility index (Phi) is 7.10. The Labute approximate surface area is 161 Å². The van der Waals surface area contributed by atoms with Gasteiger partial charge in [0.2, 0.25) is 5.91 Å². The largest absolute Gasteiger partial charge is 0.484 e. The molecule has 0 radical (unpaired) electrons. The molecule has 2 aliphatic heterocycles. The van der Waals surface area contributed by atoms with E-state index < -0.39 is 0 Å². The summed E-state index contributed by atoms with van der Waals surface area (Å²) in [6.45, 7) is 6.35.